The van der Waals surface area contributed by atoms with E-state index in [-0.39, 0.29) is 39.5 Å². The second kappa shape index (κ2) is 8.77. The molecule has 3 aromatic heterocycles. The lowest BCUT2D eigenvalue weighted by Crippen LogP contribution is -2.24. The number of alkyl halides is 3. The number of hydrogen-bond donors (Lipinski definition) is 0. The molecule has 3 heterocycles. The number of methoxy groups -OCH3 is 1. The number of ether oxygens (including phenoxy) is 1. The second-order valence-corrected chi connectivity index (χ2v) is 10.4. The second-order valence-electron chi connectivity index (χ2n) is 8.96. The summed E-state index contributed by atoms with van der Waals surface area (Å²) in [7, 11) is 1.43. The Morgan fingerprint density at radius 2 is 1.92 bits per heavy atom. The first-order valence-electron chi connectivity index (χ1n) is 11.4. The number of hydrogen-bond acceptors (Lipinski definition) is 5. The van der Waals surface area contributed by atoms with Crippen molar-refractivity contribution >= 4 is 43.2 Å². The zero-order chi connectivity index (χ0) is 26.9. The predicted octanol–water partition coefficient (Wildman–Crippen LogP) is 6.82. The van der Waals surface area contributed by atoms with Gasteiger partial charge in [0.25, 0.3) is 5.56 Å². The summed E-state index contributed by atoms with van der Waals surface area (Å²) in [5, 5.41) is 4.38. The quantitative estimate of drug-likeness (QED) is 0.219. The van der Waals surface area contributed by atoms with Crippen molar-refractivity contribution < 1.29 is 26.7 Å². The van der Waals surface area contributed by atoms with E-state index in [0.29, 0.717) is 31.3 Å². The third kappa shape index (κ3) is 4.02. The number of thiophene rings is 1. The average Bonchev–Trinajstić information content (AvgIpc) is 3.47. The number of fused-ring (bicyclic) bond motifs is 3. The van der Waals surface area contributed by atoms with Gasteiger partial charge in [-0.2, -0.15) is 9.78 Å². The van der Waals surface area contributed by atoms with Crippen molar-refractivity contribution in [2.45, 2.75) is 31.6 Å². The van der Waals surface area contributed by atoms with Crippen LogP contribution in [0.3, 0.4) is 0 Å². The standard InChI is InChI=1S/C25H16ClF5N4O2S/c1-37-20-16(26)5-4-13-19-23(38-21(13)20)33-22(15-7-18(28)17(27)6-14(15)12-2-3-12)34(24(19)36)9-11-8-32-35(10-11)25(29,30)31/h4-8,10,12H,2-3,9H2,1H3. The van der Waals surface area contributed by atoms with Crippen molar-refractivity contribution in [2.75, 3.05) is 7.11 Å². The number of rotatable bonds is 5. The van der Waals surface area contributed by atoms with E-state index in [4.69, 9.17) is 16.3 Å². The van der Waals surface area contributed by atoms with Gasteiger partial charge in [0.1, 0.15) is 10.7 Å². The molecule has 6 nitrogen and oxygen atoms in total. The average molecular weight is 567 g/mol. The van der Waals surface area contributed by atoms with E-state index >= 15 is 0 Å². The highest BCUT2D eigenvalue weighted by molar-refractivity contribution is 7.25. The van der Waals surface area contributed by atoms with Gasteiger partial charge < -0.3 is 4.74 Å². The van der Waals surface area contributed by atoms with Crippen LogP contribution < -0.4 is 10.3 Å². The Balaban J connectivity index is 1.66. The molecule has 6 rings (SSSR count). The van der Waals surface area contributed by atoms with E-state index < -0.39 is 23.5 Å². The van der Waals surface area contributed by atoms with Crippen LogP contribution in [0.15, 0.2) is 41.5 Å². The normalized spacial score (nSPS) is 14.1. The van der Waals surface area contributed by atoms with Crippen LogP contribution in [0.25, 0.3) is 31.7 Å². The molecular weight excluding hydrogens is 551 g/mol. The molecule has 5 aromatic rings. The highest BCUT2D eigenvalue weighted by Crippen LogP contribution is 2.46. The highest BCUT2D eigenvalue weighted by Gasteiger charge is 2.33. The van der Waals surface area contributed by atoms with Gasteiger partial charge in [0.05, 0.1) is 35.0 Å². The summed E-state index contributed by atoms with van der Waals surface area (Å²) in [5.74, 6) is -1.84. The van der Waals surface area contributed by atoms with Crippen LogP contribution in [-0.4, -0.2) is 26.4 Å². The van der Waals surface area contributed by atoms with Crippen LogP contribution in [0, 0.1) is 11.6 Å². The molecule has 2 aromatic carbocycles. The largest absolute Gasteiger partial charge is 0.504 e. The maximum absolute atomic E-state index is 14.5. The Morgan fingerprint density at radius 1 is 1.18 bits per heavy atom. The van der Waals surface area contributed by atoms with Crippen molar-refractivity contribution in [1.82, 2.24) is 19.3 Å². The maximum Gasteiger partial charge on any atom is 0.504 e. The maximum atomic E-state index is 14.5. The third-order valence-corrected chi connectivity index (χ3v) is 7.86. The van der Waals surface area contributed by atoms with E-state index in [1.807, 2.05) is 0 Å². The first-order valence-corrected chi connectivity index (χ1v) is 12.6. The molecule has 0 saturated heterocycles. The molecule has 0 spiro atoms. The fourth-order valence-corrected chi connectivity index (χ4v) is 6.05. The van der Waals surface area contributed by atoms with E-state index in [1.54, 1.807) is 12.1 Å². The molecule has 0 amide bonds. The van der Waals surface area contributed by atoms with Gasteiger partial charge in [0.15, 0.2) is 17.4 Å². The van der Waals surface area contributed by atoms with Gasteiger partial charge >= 0.3 is 6.30 Å². The molecular formula is C25H16ClF5N4O2S. The van der Waals surface area contributed by atoms with Gasteiger partial charge in [0, 0.05) is 22.7 Å². The van der Waals surface area contributed by atoms with Gasteiger partial charge in [-0.05, 0) is 42.5 Å². The molecule has 0 unspecified atom stereocenters. The first kappa shape index (κ1) is 24.8. The Labute approximate surface area is 219 Å². The van der Waals surface area contributed by atoms with Crippen LogP contribution >= 0.6 is 22.9 Å². The first-order chi connectivity index (χ1) is 18.1. The van der Waals surface area contributed by atoms with E-state index in [0.717, 1.165) is 48.7 Å². The summed E-state index contributed by atoms with van der Waals surface area (Å²) in [5.41, 5.74) is 0.196. The Bertz CT molecular complexity index is 1810. The van der Waals surface area contributed by atoms with Crippen molar-refractivity contribution in [3.8, 4) is 17.1 Å². The lowest BCUT2D eigenvalue weighted by molar-refractivity contribution is -0.212. The summed E-state index contributed by atoms with van der Waals surface area (Å²) in [6.45, 7) is -0.335. The molecule has 13 heteroatoms. The Kier molecular flexibility index (Phi) is 5.72. The molecule has 38 heavy (non-hydrogen) atoms. The third-order valence-electron chi connectivity index (χ3n) is 6.46. The van der Waals surface area contributed by atoms with Gasteiger partial charge in [-0.1, -0.05) is 17.7 Å². The van der Waals surface area contributed by atoms with Crippen LogP contribution in [0.4, 0.5) is 22.0 Å². The zero-order valence-electron chi connectivity index (χ0n) is 19.4. The van der Waals surface area contributed by atoms with Gasteiger partial charge in [-0.25, -0.2) is 13.8 Å². The summed E-state index contributed by atoms with van der Waals surface area (Å²) in [6, 6.07) is 5.29. The molecule has 1 saturated carbocycles. The zero-order valence-corrected chi connectivity index (χ0v) is 21.0. The van der Waals surface area contributed by atoms with Crippen molar-refractivity contribution in [1.29, 1.82) is 0 Å². The fourth-order valence-electron chi connectivity index (χ4n) is 4.57. The predicted molar refractivity (Wildman–Crippen MR) is 133 cm³/mol. The lowest BCUT2D eigenvalue weighted by atomic mass is 10.0. The highest BCUT2D eigenvalue weighted by atomic mass is 35.5. The number of nitrogens with zero attached hydrogens (tertiary/aromatic N) is 4. The molecule has 0 aliphatic heterocycles. The molecule has 1 aliphatic rings. The van der Waals surface area contributed by atoms with Gasteiger partial charge in [0.2, 0.25) is 0 Å². The van der Waals surface area contributed by atoms with Crippen LogP contribution in [0.1, 0.15) is 29.9 Å². The van der Waals surface area contributed by atoms with Crippen molar-refractivity contribution in [2.24, 2.45) is 0 Å². The van der Waals surface area contributed by atoms with Crippen molar-refractivity contribution in [3.63, 3.8) is 0 Å². The SMILES string of the molecule is COc1c(Cl)ccc2c1sc1nc(-c3cc(F)c(F)cc3C3CC3)n(Cc3cnn(C(F)(F)F)c3)c(=O)c12. The molecule has 196 valence electrons. The summed E-state index contributed by atoms with van der Waals surface area (Å²) in [6.07, 6.45) is -1.48. The minimum Gasteiger partial charge on any atom is -0.494 e. The minimum absolute atomic E-state index is 0.0136. The van der Waals surface area contributed by atoms with Gasteiger partial charge in [-0.15, -0.1) is 24.5 Å². The van der Waals surface area contributed by atoms with E-state index in [2.05, 4.69) is 10.1 Å². The van der Waals surface area contributed by atoms with Crippen LogP contribution in [0.2, 0.25) is 5.02 Å². The molecule has 1 fully saturated rings. The molecule has 0 bridgehead atoms. The summed E-state index contributed by atoms with van der Waals surface area (Å²) < 4.78 is 75.2. The molecule has 0 N–H and O–H groups in total. The monoisotopic (exact) mass is 566 g/mol. The smallest absolute Gasteiger partial charge is 0.494 e. The number of benzene rings is 2. The molecule has 0 atom stereocenters. The number of halogens is 6. The lowest BCUT2D eigenvalue weighted by Gasteiger charge is -2.15. The molecule has 0 radical (unpaired) electrons. The topological polar surface area (TPSA) is 61.9 Å². The van der Waals surface area contributed by atoms with Crippen molar-refractivity contribution in [3.05, 3.63) is 74.8 Å². The van der Waals surface area contributed by atoms with Gasteiger partial charge in [-0.3, -0.25) is 9.36 Å². The van der Waals surface area contributed by atoms with E-state index in [1.165, 1.54) is 11.7 Å². The Hall–Kier alpha value is -3.51. The Morgan fingerprint density at radius 3 is 2.58 bits per heavy atom. The van der Waals surface area contributed by atoms with Crippen LogP contribution in [0.5, 0.6) is 5.75 Å². The number of aromatic nitrogens is 4. The summed E-state index contributed by atoms with van der Waals surface area (Å²) >= 11 is 7.41. The van der Waals surface area contributed by atoms with Crippen LogP contribution in [-0.2, 0) is 12.8 Å². The van der Waals surface area contributed by atoms with E-state index in [9.17, 15) is 26.7 Å². The fraction of sp³-hybridized carbons (Fsp3) is 0.240. The molecule has 1 aliphatic carbocycles. The minimum atomic E-state index is -4.74. The summed E-state index contributed by atoms with van der Waals surface area (Å²) in [4.78, 5) is 19.0.